The highest BCUT2D eigenvalue weighted by Crippen LogP contribution is 2.37. The molecule has 0 fully saturated rings. The molecule has 0 saturated carbocycles. The van der Waals surface area contributed by atoms with Crippen LogP contribution in [-0.2, 0) is 10.8 Å². The Balaban J connectivity index is 1.88. The predicted octanol–water partition coefficient (Wildman–Crippen LogP) is 5.36. The smallest absolute Gasteiger partial charge is 0.192 e. The van der Waals surface area contributed by atoms with E-state index in [1.54, 1.807) is 0 Å². The number of H-pyrrole nitrogens is 2. The molecule has 1 aliphatic carbocycles. The third-order valence-corrected chi connectivity index (χ3v) is 9.84. The van der Waals surface area contributed by atoms with Crippen LogP contribution in [0.5, 0.6) is 0 Å². The first-order valence-corrected chi connectivity index (χ1v) is 11.6. The van der Waals surface area contributed by atoms with Crippen LogP contribution in [0.3, 0.4) is 0 Å². The fourth-order valence-corrected chi connectivity index (χ4v) is 3.82. The van der Waals surface area contributed by atoms with E-state index in [1.807, 2.05) is 6.20 Å². The molecule has 0 aromatic carbocycles. The van der Waals surface area contributed by atoms with Crippen LogP contribution in [0.25, 0.3) is 0 Å². The SMILES string of the molecule is CC(C)(C)[Si](C)(C)OCC1=CCCC(Cc2c[nH]c(=S)[nH]2)C1. The van der Waals surface area contributed by atoms with Crippen molar-refractivity contribution < 1.29 is 4.43 Å². The number of allylic oxidation sites excluding steroid dienone is 1. The van der Waals surface area contributed by atoms with Gasteiger partial charge in [0.2, 0.25) is 0 Å². The zero-order valence-corrected chi connectivity index (χ0v) is 16.4. The van der Waals surface area contributed by atoms with Crippen molar-refractivity contribution in [2.45, 2.75) is 64.6 Å². The average molecular weight is 339 g/mol. The van der Waals surface area contributed by atoms with Gasteiger partial charge in [-0.05, 0) is 67.5 Å². The predicted molar refractivity (Wildman–Crippen MR) is 98.3 cm³/mol. The van der Waals surface area contributed by atoms with Gasteiger partial charge in [-0.2, -0.15) is 0 Å². The van der Waals surface area contributed by atoms with E-state index in [4.69, 9.17) is 16.6 Å². The van der Waals surface area contributed by atoms with Gasteiger partial charge in [0.25, 0.3) is 0 Å². The second-order valence-corrected chi connectivity index (χ2v) is 13.2. The summed E-state index contributed by atoms with van der Waals surface area (Å²) in [6, 6.07) is 0. The minimum absolute atomic E-state index is 0.279. The largest absolute Gasteiger partial charge is 0.413 e. The monoisotopic (exact) mass is 338 g/mol. The molecule has 0 aliphatic heterocycles. The number of hydrogen-bond donors (Lipinski definition) is 2. The standard InChI is InChI=1S/C17H30N2OSSi/c1-17(2,3)22(4,5)20-12-14-8-6-7-13(9-14)10-15-11-18-16(21)19-15/h8,11,13H,6-7,9-10,12H2,1-5H3,(H2,18,19,21). The van der Waals surface area contributed by atoms with Crippen molar-refractivity contribution in [2.75, 3.05) is 6.61 Å². The van der Waals surface area contributed by atoms with Gasteiger partial charge >= 0.3 is 0 Å². The third kappa shape index (κ3) is 4.67. The number of aromatic nitrogens is 2. The number of nitrogens with one attached hydrogen (secondary N) is 2. The highest BCUT2D eigenvalue weighted by Gasteiger charge is 2.37. The van der Waals surface area contributed by atoms with Crippen molar-refractivity contribution >= 4 is 20.5 Å². The first-order chi connectivity index (χ1) is 10.2. The first-order valence-electron chi connectivity index (χ1n) is 8.26. The Hall–Kier alpha value is -0.653. The van der Waals surface area contributed by atoms with Crippen molar-refractivity contribution in [3.8, 4) is 0 Å². The molecular formula is C17H30N2OSSi. The molecule has 0 saturated heterocycles. The van der Waals surface area contributed by atoms with Gasteiger partial charge in [-0.1, -0.05) is 26.8 Å². The van der Waals surface area contributed by atoms with Crippen molar-refractivity contribution in [3.05, 3.63) is 28.3 Å². The molecule has 3 nitrogen and oxygen atoms in total. The van der Waals surface area contributed by atoms with Gasteiger partial charge in [0.1, 0.15) is 0 Å². The van der Waals surface area contributed by atoms with Gasteiger partial charge < -0.3 is 14.4 Å². The Morgan fingerprint density at radius 1 is 1.36 bits per heavy atom. The Bertz CT molecular complexity index is 580. The van der Waals surface area contributed by atoms with Crippen molar-refractivity contribution in [2.24, 2.45) is 5.92 Å². The van der Waals surface area contributed by atoms with Crippen LogP contribution in [-0.4, -0.2) is 24.9 Å². The van der Waals surface area contributed by atoms with Crippen LogP contribution in [0.1, 0.15) is 45.7 Å². The molecule has 1 unspecified atom stereocenters. The Morgan fingerprint density at radius 2 is 2.09 bits per heavy atom. The zero-order valence-electron chi connectivity index (χ0n) is 14.6. The quantitative estimate of drug-likeness (QED) is 0.431. The summed E-state index contributed by atoms with van der Waals surface area (Å²) < 4.78 is 7.10. The molecule has 0 bridgehead atoms. The summed E-state index contributed by atoms with van der Waals surface area (Å²) in [4.78, 5) is 6.29. The van der Waals surface area contributed by atoms with Crippen LogP contribution in [0.15, 0.2) is 17.8 Å². The van der Waals surface area contributed by atoms with Gasteiger partial charge in [-0.15, -0.1) is 0 Å². The van der Waals surface area contributed by atoms with Crippen molar-refractivity contribution in [3.63, 3.8) is 0 Å². The Labute approximate surface area is 140 Å². The summed E-state index contributed by atoms with van der Waals surface area (Å²) in [5.41, 5.74) is 2.71. The molecule has 1 aromatic heterocycles. The summed E-state index contributed by atoms with van der Waals surface area (Å²) in [5, 5.41) is 0.279. The van der Waals surface area contributed by atoms with E-state index in [0.29, 0.717) is 5.92 Å². The van der Waals surface area contributed by atoms with Crippen LogP contribution in [0, 0.1) is 10.7 Å². The van der Waals surface area contributed by atoms with Crippen LogP contribution in [0.4, 0.5) is 0 Å². The molecule has 1 aromatic rings. The maximum Gasteiger partial charge on any atom is 0.192 e. The highest BCUT2D eigenvalue weighted by molar-refractivity contribution is 7.71. The lowest BCUT2D eigenvalue weighted by atomic mass is 9.86. The Morgan fingerprint density at radius 3 is 2.68 bits per heavy atom. The lowest BCUT2D eigenvalue weighted by Gasteiger charge is -2.37. The highest BCUT2D eigenvalue weighted by atomic mass is 32.1. The third-order valence-electron chi connectivity index (χ3n) is 5.14. The van der Waals surface area contributed by atoms with E-state index in [-0.39, 0.29) is 5.04 Å². The van der Waals surface area contributed by atoms with E-state index in [0.717, 1.165) is 24.2 Å². The molecule has 0 amide bonds. The van der Waals surface area contributed by atoms with Gasteiger partial charge in [0, 0.05) is 11.9 Å². The summed E-state index contributed by atoms with van der Waals surface area (Å²) >= 11 is 5.10. The van der Waals surface area contributed by atoms with E-state index < -0.39 is 8.32 Å². The molecule has 2 N–H and O–H groups in total. The summed E-state index contributed by atoms with van der Waals surface area (Å²) in [5.74, 6) is 0.699. The lowest BCUT2D eigenvalue weighted by Crippen LogP contribution is -2.41. The van der Waals surface area contributed by atoms with Gasteiger partial charge in [0.15, 0.2) is 13.1 Å². The Kier molecular flexibility index (Phi) is 5.51. The van der Waals surface area contributed by atoms with E-state index in [2.05, 4.69) is 49.9 Å². The van der Waals surface area contributed by atoms with Crippen molar-refractivity contribution in [1.29, 1.82) is 0 Å². The second kappa shape index (κ2) is 6.85. The van der Waals surface area contributed by atoms with E-state index >= 15 is 0 Å². The summed E-state index contributed by atoms with van der Waals surface area (Å²) in [6.07, 6.45) is 9.06. The molecule has 124 valence electrons. The number of aromatic amines is 2. The first kappa shape index (κ1) is 17.7. The topological polar surface area (TPSA) is 40.8 Å². The summed E-state index contributed by atoms with van der Waals surface area (Å²) in [6.45, 7) is 12.4. The second-order valence-electron chi connectivity index (χ2n) is 8.03. The average Bonchev–Trinajstić information content (AvgIpc) is 2.81. The minimum Gasteiger partial charge on any atom is -0.413 e. The summed E-state index contributed by atoms with van der Waals surface area (Å²) in [7, 11) is -1.65. The van der Waals surface area contributed by atoms with Crippen LogP contribution >= 0.6 is 12.2 Å². The van der Waals surface area contributed by atoms with E-state index in [1.165, 1.54) is 24.1 Å². The number of imidazole rings is 1. The molecular weight excluding hydrogens is 308 g/mol. The van der Waals surface area contributed by atoms with Crippen molar-refractivity contribution in [1.82, 2.24) is 9.97 Å². The fraction of sp³-hybridized carbons (Fsp3) is 0.706. The van der Waals surface area contributed by atoms with Crippen LogP contribution in [0.2, 0.25) is 18.1 Å². The number of hydrogen-bond acceptors (Lipinski definition) is 2. The van der Waals surface area contributed by atoms with Gasteiger partial charge in [-0.25, -0.2) is 0 Å². The molecule has 1 aliphatic rings. The molecule has 1 atom stereocenters. The van der Waals surface area contributed by atoms with Gasteiger partial charge in [-0.3, -0.25) is 0 Å². The maximum atomic E-state index is 6.38. The molecule has 0 radical (unpaired) electrons. The molecule has 1 heterocycles. The van der Waals surface area contributed by atoms with Gasteiger partial charge in [0.05, 0.1) is 6.61 Å². The number of rotatable bonds is 5. The fourth-order valence-electron chi connectivity index (χ4n) is 2.65. The minimum atomic E-state index is -1.65. The zero-order chi connectivity index (χ0) is 16.4. The van der Waals surface area contributed by atoms with Crippen LogP contribution < -0.4 is 0 Å². The lowest BCUT2D eigenvalue weighted by molar-refractivity contribution is 0.302. The molecule has 2 rings (SSSR count). The maximum absolute atomic E-state index is 6.38. The normalized spacial score (nSPS) is 20.0. The molecule has 5 heteroatoms. The molecule has 22 heavy (non-hydrogen) atoms. The van der Waals surface area contributed by atoms with E-state index in [9.17, 15) is 0 Å². The molecule has 0 spiro atoms.